The molecular weight excluding hydrogens is 178 g/mol. The van der Waals surface area contributed by atoms with Crippen molar-refractivity contribution in [3.63, 3.8) is 0 Å². The van der Waals surface area contributed by atoms with Crippen LogP contribution in [0.5, 0.6) is 0 Å². The van der Waals surface area contributed by atoms with Gasteiger partial charge in [0.1, 0.15) is 13.1 Å². The van der Waals surface area contributed by atoms with Crippen LogP contribution in [0, 0.1) is 0 Å². The van der Waals surface area contributed by atoms with Gasteiger partial charge in [-0.15, -0.1) is 0 Å². The summed E-state index contributed by atoms with van der Waals surface area (Å²) in [5.41, 5.74) is 1.74. The van der Waals surface area contributed by atoms with Crippen LogP contribution in [0.1, 0.15) is 25.7 Å². The second-order valence-corrected chi connectivity index (χ2v) is 2.76. The zero-order valence-electron chi connectivity index (χ0n) is 5.57. The standard InChI is InChI=1S/C7H12N.BrH/c1-3-7-4-2-6-8(7)5-1;/h1-6H2;1H/q+1;/p-1. The van der Waals surface area contributed by atoms with E-state index in [2.05, 4.69) is 4.58 Å². The molecule has 1 nitrogen and oxygen atoms in total. The Balaban J connectivity index is 0.000000405. The molecule has 2 aliphatic heterocycles. The molecule has 0 atom stereocenters. The Morgan fingerprint density at radius 3 is 2.00 bits per heavy atom. The van der Waals surface area contributed by atoms with Gasteiger partial charge >= 0.3 is 0 Å². The minimum atomic E-state index is 0. The number of halogens is 1. The highest BCUT2D eigenvalue weighted by Crippen LogP contribution is 2.15. The van der Waals surface area contributed by atoms with Gasteiger partial charge in [-0.2, -0.15) is 0 Å². The third-order valence-corrected chi connectivity index (χ3v) is 2.23. The highest BCUT2D eigenvalue weighted by Gasteiger charge is 2.26. The third kappa shape index (κ3) is 1.18. The number of rotatable bonds is 0. The molecule has 0 saturated carbocycles. The SMILES string of the molecule is C1CC2=[N+](C1)CCC2.[Br-]. The van der Waals surface area contributed by atoms with Crippen molar-refractivity contribution in [3.05, 3.63) is 0 Å². The van der Waals surface area contributed by atoms with E-state index in [0.29, 0.717) is 0 Å². The lowest BCUT2D eigenvalue weighted by atomic mass is 10.2. The van der Waals surface area contributed by atoms with E-state index >= 15 is 0 Å². The van der Waals surface area contributed by atoms with Gasteiger partial charge in [0, 0.05) is 25.7 Å². The van der Waals surface area contributed by atoms with Gasteiger partial charge in [-0.1, -0.05) is 0 Å². The summed E-state index contributed by atoms with van der Waals surface area (Å²) in [6.07, 6.45) is 5.66. The largest absolute Gasteiger partial charge is 1.00 e. The maximum absolute atomic E-state index is 2.56. The predicted octanol–water partition coefficient (Wildman–Crippen LogP) is -1.97. The first-order chi connectivity index (χ1) is 3.97. The van der Waals surface area contributed by atoms with E-state index in [-0.39, 0.29) is 17.0 Å². The van der Waals surface area contributed by atoms with Crippen molar-refractivity contribution in [2.24, 2.45) is 0 Å². The van der Waals surface area contributed by atoms with E-state index in [1.165, 1.54) is 38.8 Å². The predicted molar refractivity (Wildman–Crippen MR) is 33.5 cm³/mol. The summed E-state index contributed by atoms with van der Waals surface area (Å²) < 4.78 is 2.56. The number of nitrogens with zero attached hydrogens (tertiary/aromatic N) is 1. The minimum Gasteiger partial charge on any atom is -1.00 e. The molecule has 2 heteroatoms. The molecular formula is C7H12BrN. The third-order valence-electron chi connectivity index (χ3n) is 2.23. The number of hydrogen-bond donors (Lipinski definition) is 0. The molecule has 0 aliphatic carbocycles. The van der Waals surface area contributed by atoms with E-state index in [0.717, 1.165) is 0 Å². The lowest BCUT2D eigenvalue weighted by Crippen LogP contribution is -3.00. The zero-order valence-corrected chi connectivity index (χ0v) is 7.15. The molecule has 0 fully saturated rings. The second-order valence-electron chi connectivity index (χ2n) is 2.76. The molecule has 0 amide bonds. The summed E-state index contributed by atoms with van der Waals surface area (Å²) in [6, 6.07) is 0. The Hall–Kier alpha value is 0.150. The first-order valence-corrected chi connectivity index (χ1v) is 3.56. The highest BCUT2D eigenvalue weighted by molar-refractivity contribution is 5.81. The van der Waals surface area contributed by atoms with Crippen molar-refractivity contribution in [2.45, 2.75) is 25.7 Å². The van der Waals surface area contributed by atoms with Gasteiger partial charge in [-0.3, -0.25) is 0 Å². The van der Waals surface area contributed by atoms with Gasteiger partial charge in [-0.05, 0) is 0 Å². The fraction of sp³-hybridized carbons (Fsp3) is 0.857. The fourth-order valence-electron chi connectivity index (χ4n) is 1.82. The van der Waals surface area contributed by atoms with Crippen LogP contribution in [0.4, 0.5) is 0 Å². The van der Waals surface area contributed by atoms with E-state index in [9.17, 15) is 0 Å². The normalized spacial score (nSPS) is 24.0. The van der Waals surface area contributed by atoms with Crippen LogP contribution in [0.25, 0.3) is 0 Å². The molecule has 0 bridgehead atoms. The Kier molecular flexibility index (Phi) is 2.28. The van der Waals surface area contributed by atoms with Crippen molar-refractivity contribution in [1.29, 1.82) is 0 Å². The zero-order chi connectivity index (χ0) is 5.40. The Morgan fingerprint density at radius 2 is 1.56 bits per heavy atom. The maximum Gasteiger partial charge on any atom is 0.152 e. The van der Waals surface area contributed by atoms with Crippen molar-refractivity contribution in [3.8, 4) is 0 Å². The lowest BCUT2D eigenvalue weighted by Gasteiger charge is -1.85. The molecule has 0 aromatic heterocycles. The van der Waals surface area contributed by atoms with Gasteiger partial charge in [-0.25, -0.2) is 4.58 Å². The van der Waals surface area contributed by atoms with Gasteiger partial charge < -0.3 is 17.0 Å². The molecule has 0 N–H and O–H groups in total. The molecule has 0 aromatic rings. The summed E-state index contributed by atoms with van der Waals surface area (Å²) >= 11 is 0. The molecule has 9 heavy (non-hydrogen) atoms. The van der Waals surface area contributed by atoms with Crippen LogP contribution in [-0.4, -0.2) is 23.4 Å². The first-order valence-electron chi connectivity index (χ1n) is 3.56. The van der Waals surface area contributed by atoms with Crippen molar-refractivity contribution in [2.75, 3.05) is 13.1 Å². The maximum atomic E-state index is 2.56. The number of hydrogen-bond acceptors (Lipinski definition) is 0. The molecule has 0 radical (unpaired) electrons. The molecule has 2 rings (SSSR count). The molecule has 0 aromatic carbocycles. The minimum absolute atomic E-state index is 0. The van der Waals surface area contributed by atoms with Gasteiger partial charge in [0.15, 0.2) is 5.71 Å². The van der Waals surface area contributed by atoms with Crippen LogP contribution in [0.2, 0.25) is 0 Å². The summed E-state index contributed by atoms with van der Waals surface area (Å²) in [5.74, 6) is 0. The quantitative estimate of drug-likeness (QED) is 0.390. The van der Waals surface area contributed by atoms with Gasteiger partial charge in [0.25, 0.3) is 0 Å². The molecule has 0 saturated heterocycles. The van der Waals surface area contributed by atoms with E-state index < -0.39 is 0 Å². The molecule has 2 heterocycles. The van der Waals surface area contributed by atoms with E-state index in [1.54, 1.807) is 5.71 Å². The Morgan fingerprint density at radius 1 is 1.00 bits per heavy atom. The van der Waals surface area contributed by atoms with E-state index in [4.69, 9.17) is 0 Å². The second kappa shape index (κ2) is 2.82. The van der Waals surface area contributed by atoms with Crippen LogP contribution in [-0.2, 0) is 0 Å². The van der Waals surface area contributed by atoms with Crippen molar-refractivity contribution in [1.82, 2.24) is 0 Å². The lowest BCUT2D eigenvalue weighted by molar-refractivity contribution is -0.512. The summed E-state index contributed by atoms with van der Waals surface area (Å²) in [4.78, 5) is 0. The fourth-order valence-corrected chi connectivity index (χ4v) is 1.82. The molecule has 2 aliphatic rings. The van der Waals surface area contributed by atoms with E-state index in [1.807, 2.05) is 0 Å². The Labute approximate surface area is 66.5 Å². The Bertz CT molecular complexity index is 112. The topological polar surface area (TPSA) is 3.01 Å². The summed E-state index contributed by atoms with van der Waals surface area (Å²) in [6.45, 7) is 2.71. The van der Waals surface area contributed by atoms with Crippen molar-refractivity contribution >= 4 is 5.71 Å². The molecule has 0 spiro atoms. The van der Waals surface area contributed by atoms with Gasteiger partial charge in [0.2, 0.25) is 0 Å². The van der Waals surface area contributed by atoms with Crippen LogP contribution in [0.15, 0.2) is 0 Å². The monoisotopic (exact) mass is 189 g/mol. The average Bonchev–Trinajstić information content (AvgIpc) is 2.15. The smallest absolute Gasteiger partial charge is 0.152 e. The van der Waals surface area contributed by atoms with Crippen molar-refractivity contribution < 1.29 is 21.6 Å². The van der Waals surface area contributed by atoms with Crippen LogP contribution < -0.4 is 17.0 Å². The summed E-state index contributed by atoms with van der Waals surface area (Å²) in [7, 11) is 0. The molecule has 52 valence electrons. The average molecular weight is 190 g/mol. The van der Waals surface area contributed by atoms with Crippen LogP contribution in [0.3, 0.4) is 0 Å². The first kappa shape index (κ1) is 7.26. The van der Waals surface area contributed by atoms with Crippen LogP contribution >= 0.6 is 0 Å². The summed E-state index contributed by atoms with van der Waals surface area (Å²) in [5, 5.41) is 0. The highest BCUT2D eigenvalue weighted by atomic mass is 79.9. The molecule has 0 unspecified atom stereocenters. The van der Waals surface area contributed by atoms with Gasteiger partial charge in [0.05, 0.1) is 0 Å².